The maximum atomic E-state index is 7.73. The molecule has 0 radical (unpaired) electrons. The quantitative estimate of drug-likeness (QED) is 0.201. The van der Waals surface area contributed by atoms with Crippen LogP contribution in [-0.4, -0.2) is 9.13 Å². The number of aromatic nitrogens is 2. The number of hydrogen-bond donors (Lipinski definition) is 0. The molecule has 1 aliphatic rings. The summed E-state index contributed by atoms with van der Waals surface area (Å²) in [5.41, 5.74) is 12.9. The van der Waals surface area contributed by atoms with E-state index in [0.29, 0.717) is 5.69 Å². The second-order valence-corrected chi connectivity index (χ2v) is 10.9. The van der Waals surface area contributed by atoms with Gasteiger partial charge >= 0.3 is 0 Å². The van der Waals surface area contributed by atoms with Crippen molar-refractivity contribution in [2.75, 3.05) is 0 Å². The van der Waals surface area contributed by atoms with E-state index in [1.807, 2.05) is 12.1 Å². The van der Waals surface area contributed by atoms with Gasteiger partial charge in [-0.1, -0.05) is 91.0 Å². The number of fused-ring (bicyclic) bond motifs is 9. The lowest BCUT2D eigenvalue weighted by Crippen LogP contribution is -2.00. The van der Waals surface area contributed by atoms with Gasteiger partial charge in [-0.15, -0.1) is 0 Å². The highest BCUT2D eigenvalue weighted by Gasteiger charge is 2.24. The van der Waals surface area contributed by atoms with E-state index in [4.69, 9.17) is 6.57 Å². The zero-order valence-electron chi connectivity index (χ0n) is 22.2. The fourth-order valence-corrected chi connectivity index (χ4v) is 7.01. The van der Waals surface area contributed by atoms with Gasteiger partial charge in [0.2, 0.25) is 0 Å². The average molecular weight is 522 g/mol. The van der Waals surface area contributed by atoms with E-state index in [0.717, 1.165) is 28.5 Å². The molecule has 2 heterocycles. The van der Waals surface area contributed by atoms with E-state index < -0.39 is 0 Å². The third kappa shape index (κ3) is 3.02. The van der Waals surface area contributed by atoms with Gasteiger partial charge in [-0.25, -0.2) is 4.85 Å². The minimum absolute atomic E-state index is 0.653. The standard InChI is InChI=1S/C38H23N3/c1-39-25-17-19-31-32-20-18-26(40-34-14-6-4-11-29(34)30-12-5-7-15-35(30)40)23-38(32)41(37(31)22-25)36-16-8-13-28-27-10-3-2-9-24(27)21-33(28)36/h2-20,22-23H,21H2. The van der Waals surface area contributed by atoms with Crippen LogP contribution in [-0.2, 0) is 6.42 Å². The molecule has 3 nitrogen and oxygen atoms in total. The van der Waals surface area contributed by atoms with Gasteiger partial charge in [0.05, 0.1) is 28.8 Å². The summed E-state index contributed by atoms with van der Waals surface area (Å²) in [7, 11) is 0. The predicted molar refractivity (Wildman–Crippen MR) is 170 cm³/mol. The molecule has 0 amide bonds. The molecule has 6 aromatic carbocycles. The first kappa shape index (κ1) is 22.2. The van der Waals surface area contributed by atoms with Gasteiger partial charge in [0.15, 0.2) is 5.69 Å². The van der Waals surface area contributed by atoms with Crippen LogP contribution in [0.1, 0.15) is 11.1 Å². The normalized spacial score (nSPS) is 12.3. The molecule has 0 bridgehead atoms. The molecule has 8 aromatic rings. The summed E-state index contributed by atoms with van der Waals surface area (Å²) >= 11 is 0. The first-order chi connectivity index (χ1) is 20.3. The average Bonchev–Trinajstić information content (AvgIpc) is 3.68. The molecule has 3 heteroatoms. The van der Waals surface area contributed by atoms with Crippen LogP contribution < -0.4 is 0 Å². The summed E-state index contributed by atoms with van der Waals surface area (Å²) in [5, 5.41) is 4.86. The molecule has 0 saturated carbocycles. The number of nitrogens with zero attached hydrogens (tertiary/aromatic N) is 3. The smallest absolute Gasteiger partial charge is 0.189 e. The van der Waals surface area contributed by atoms with Crippen molar-refractivity contribution in [1.82, 2.24) is 9.13 Å². The van der Waals surface area contributed by atoms with Crippen molar-refractivity contribution in [2.24, 2.45) is 0 Å². The minimum Gasteiger partial charge on any atom is -0.310 e. The largest absolute Gasteiger partial charge is 0.310 e. The van der Waals surface area contributed by atoms with E-state index >= 15 is 0 Å². The Morgan fingerprint density at radius 3 is 1.93 bits per heavy atom. The van der Waals surface area contributed by atoms with Gasteiger partial charge in [-0.2, -0.15) is 0 Å². The molecule has 0 spiro atoms. The summed E-state index contributed by atoms with van der Waals surface area (Å²) in [6, 6.07) is 45.6. The van der Waals surface area contributed by atoms with E-state index in [1.165, 1.54) is 55.1 Å². The van der Waals surface area contributed by atoms with Crippen molar-refractivity contribution < 1.29 is 0 Å². The summed E-state index contributed by atoms with van der Waals surface area (Å²) in [6.45, 7) is 7.73. The fraction of sp³-hybridized carbons (Fsp3) is 0.0263. The molecule has 190 valence electrons. The Bertz CT molecular complexity index is 2360. The molecule has 2 aromatic heterocycles. The number of benzene rings is 6. The summed E-state index contributed by atoms with van der Waals surface area (Å²) in [5.74, 6) is 0. The van der Waals surface area contributed by atoms with Crippen LogP contribution in [0.4, 0.5) is 5.69 Å². The lowest BCUT2D eigenvalue weighted by molar-refractivity contribution is 1.11. The Kier molecular flexibility index (Phi) is 4.45. The number of rotatable bonds is 2. The third-order valence-corrected chi connectivity index (χ3v) is 8.77. The highest BCUT2D eigenvalue weighted by Crippen LogP contribution is 2.43. The van der Waals surface area contributed by atoms with E-state index in [2.05, 4.69) is 129 Å². The molecule has 0 atom stereocenters. The van der Waals surface area contributed by atoms with Gasteiger partial charge in [-0.05, 0) is 58.7 Å². The SMILES string of the molecule is [C-]#[N+]c1ccc2c3ccc(-n4c5ccccc5c5ccccc54)cc3n(-c3cccc4c3Cc3ccccc3-4)c2c1. The maximum absolute atomic E-state index is 7.73. The van der Waals surface area contributed by atoms with Crippen molar-refractivity contribution >= 4 is 49.3 Å². The first-order valence-corrected chi connectivity index (χ1v) is 13.9. The van der Waals surface area contributed by atoms with Crippen LogP contribution in [0.5, 0.6) is 0 Å². The van der Waals surface area contributed by atoms with Crippen LogP contribution in [0.25, 0.3) is 71.0 Å². The molecule has 0 saturated heterocycles. The second kappa shape index (κ2) is 8.21. The second-order valence-electron chi connectivity index (χ2n) is 10.9. The monoisotopic (exact) mass is 521 g/mol. The molecule has 41 heavy (non-hydrogen) atoms. The molecule has 0 unspecified atom stereocenters. The van der Waals surface area contributed by atoms with E-state index in [-0.39, 0.29) is 0 Å². The summed E-state index contributed by atoms with van der Waals surface area (Å²) in [4.78, 5) is 3.79. The van der Waals surface area contributed by atoms with Crippen molar-refractivity contribution in [2.45, 2.75) is 6.42 Å². The summed E-state index contributed by atoms with van der Waals surface area (Å²) < 4.78 is 4.77. The van der Waals surface area contributed by atoms with Crippen molar-refractivity contribution in [3.05, 3.63) is 150 Å². The topological polar surface area (TPSA) is 14.2 Å². The zero-order valence-corrected chi connectivity index (χ0v) is 22.2. The third-order valence-electron chi connectivity index (χ3n) is 8.77. The summed E-state index contributed by atoms with van der Waals surface area (Å²) in [6.07, 6.45) is 0.901. The van der Waals surface area contributed by atoms with Gasteiger partial charge < -0.3 is 9.13 Å². The molecule has 0 N–H and O–H groups in total. The molecule has 0 aliphatic heterocycles. The fourth-order valence-electron chi connectivity index (χ4n) is 7.01. The maximum Gasteiger partial charge on any atom is 0.189 e. The van der Waals surface area contributed by atoms with Crippen LogP contribution in [0.2, 0.25) is 0 Å². The lowest BCUT2D eigenvalue weighted by atomic mass is 10.0. The number of hydrogen-bond acceptors (Lipinski definition) is 0. The first-order valence-electron chi connectivity index (χ1n) is 13.9. The van der Waals surface area contributed by atoms with E-state index in [1.54, 1.807) is 0 Å². The highest BCUT2D eigenvalue weighted by molar-refractivity contribution is 6.12. The van der Waals surface area contributed by atoms with Crippen molar-refractivity contribution in [3.8, 4) is 22.5 Å². The minimum atomic E-state index is 0.653. The van der Waals surface area contributed by atoms with Crippen LogP contribution in [0.15, 0.2) is 127 Å². The Morgan fingerprint density at radius 2 is 1.15 bits per heavy atom. The van der Waals surface area contributed by atoms with Crippen LogP contribution in [0, 0.1) is 6.57 Å². The zero-order chi connectivity index (χ0) is 27.1. The van der Waals surface area contributed by atoms with Gasteiger partial charge in [0.1, 0.15) is 0 Å². The molecule has 0 fully saturated rings. The molecule has 1 aliphatic carbocycles. The predicted octanol–water partition coefficient (Wildman–Crippen LogP) is 10.0. The van der Waals surface area contributed by atoms with Gasteiger partial charge in [-0.3, -0.25) is 0 Å². The molecular weight excluding hydrogens is 498 g/mol. The van der Waals surface area contributed by atoms with Crippen LogP contribution >= 0.6 is 0 Å². The van der Waals surface area contributed by atoms with Gasteiger partial charge in [0, 0.05) is 39.2 Å². The van der Waals surface area contributed by atoms with Gasteiger partial charge in [0.25, 0.3) is 0 Å². The van der Waals surface area contributed by atoms with Crippen molar-refractivity contribution in [1.29, 1.82) is 0 Å². The Morgan fingerprint density at radius 1 is 0.512 bits per heavy atom. The number of para-hydroxylation sites is 2. The van der Waals surface area contributed by atoms with Crippen LogP contribution in [0.3, 0.4) is 0 Å². The molecular formula is C38H23N3. The molecule has 9 rings (SSSR count). The lowest BCUT2D eigenvalue weighted by Gasteiger charge is -2.14. The van der Waals surface area contributed by atoms with Crippen molar-refractivity contribution in [3.63, 3.8) is 0 Å². The van der Waals surface area contributed by atoms with E-state index in [9.17, 15) is 0 Å². The Balaban J connectivity index is 1.39. The Hall–Kier alpha value is -5.59. The Labute approximate surface area is 236 Å². The highest BCUT2D eigenvalue weighted by atomic mass is 15.0.